The summed E-state index contributed by atoms with van der Waals surface area (Å²) in [6.45, 7) is 7.12. The smallest absolute Gasteiger partial charge is 0.259 e. The Morgan fingerprint density at radius 3 is 1.14 bits per heavy atom. The molecule has 0 radical (unpaired) electrons. The van der Waals surface area contributed by atoms with Crippen molar-refractivity contribution >= 4 is 17.4 Å². The molecule has 2 heterocycles. The Bertz CT molecular complexity index is 2440. The van der Waals surface area contributed by atoms with Crippen molar-refractivity contribution in [1.29, 1.82) is 0 Å². The summed E-state index contributed by atoms with van der Waals surface area (Å²) in [7, 11) is 1.61. The molecule has 13 heteroatoms. The predicted molar refractivity (Wildman–Crippen MR) is 282 cm³/mol. The number of methoxy groups -OCH3 is 1. The van der Waals surface area contributed by atoms with E-state index in [-0.39, 0.29) is 46.2 Å². The van der Waals surface area contributed by atoms with Gasteiger partial charge < -0.3 is 57.0 Å². The first-order chi connectivity index (χ1) is 36.0. The van der Waals surface area contributed by atoms with Crippen molar-refractivity contribution in [3.05, 3.63) is 215 Å². The van der Waals surface area contributed by atoms with Crippen molar-refractivity contribution in [2.75, 3.05) is 33.4 Å². The lowest BCUT2D eigenvalue weighted by Crippen LogP contribution is -2.66. The zero-order valence-corrected chi connectivity index (χ0v) is 42.8. The number of hydrogen-bond donors (Lipinski definition) is 0. The molecule has 6 aromatic carbocycles. The summed E-state index contributed by atoms with van der Waals surface area (Å²) in [5, 5.41) is 0.354. The molecule has 0 unspecified atom stereocenters. The second kappa shape index (κ2) is 28.9. The number of thiocarbonyl (C=S) groups is 1. The van der Waals surface area contributed by atoms with Crippen molar-refractivity contribution in [3.8, 4) is 0 Å². The first kappa shape index (κ1) is 53.9. The van der Waals surface area contributed by atoms with Gasteiger partial charge in [0.1, 0.15) is 55.4 Å². The molecule has 0 N–H and O–H groups in total. The van der Waals surface area contributed by atoms with E-state index in [1.165, 1.54) is 0 Å². The van der Waals surface area contributed by atoms with Gasteiger partial charge in [0.2, 0.25) is 0 Å². The maximum absolute atomic E-state index is 7.50. The zero-order chi connectivity index (χ0) is 50.5. The van der Waals surface area contributed by atoms with Crippen molar-refractivity contribution < 1.29 is 52.1 Å². The van der Waals surface area contributed by atoms with Crippen LogP contribution in [0.2, 0.25) is 0 Å². The van der Waals surface area contributed by atoms with Gasteiger partial charge in [0.25, 0.3) is 5.17 Å². The normalized spacial score (nSPS) is 23.9. The standard InChI is InChI=1S/C60H69NO11S/c1-4-61(5-2)60(73)69-43-51-52(64-37-45-26-14-7-15-27-45)54(65-38-46-28-16-8-17-29-46)57(68-41-49-34-22-11-23-35-49)59(71-51)72-53-50(42-63-36-44-24-12-6-13-25-44)70-58(62-3)56(67-40-48-32-20-10-21-33-48)55(53)66-39-47-30-18-9-19-31-47/h6-35,50-59H,4-5,36-43H2,1-3H3/t50-,51-,52+,53-,54+,55+,56-,57-,58+,59-/m1/s1. The van der Waals surface area contributed by atoms with Gasteiger partial charge in [-0.15, -0.1) is 0 Å². The van der Waals surface area contributed by atoms with E-state index in [9.17, 15) is 0 Å². The molecule has 8 rings (SSSR count). The summed E-state index contributed by atoms with van der Waals surface area (Å²) in [5.74, 6) is 0. The third kappa shape index (κ3) is 15.8. The van der Waals surface area contributed by atoms with Crippen molar-refractivity contribution in [2.24, 2.45) is 0 Å². The highest BCUT2D eigenvalue weighted by molar-refractivity contribution is 7.80. The van der Waals surface area contributed by atoms with E-state index in [0.29, 0.717) is 24.9 Å². The molecule has 0 spiro atoms. The quantitative estimate of drug-likeness (QED) is 0.0482. The predicted octanol–water partition coefficient (Wildman–Crippen LogP) is 10.3. The topological polar surface area (TPSA) is 105 Å². The molecule has 0 amide bonds. The fraction of sp³-hybridized carbons (Fsp3) is 0.383. The third-order valence-corrected chi connectivity index (χ3v) is 13.3. The average Bonchev–Trinajstić information content (AvgIpc) is 3.44. The number of ether oxygens (including phenoxy) is 11. The molecule has 12 nitrogen and oxygen atoms in total. The molecule has 2 fully saturated rings. The van der Waals surface area contributed by atoms with Gasteiger partial charge in [0.15, 0.2) is 12.6 Å². The first-order valence-electron chi connectivity index (χ1n) is 25.3. The van der Waals surface area contributed by atoms with Gasteiger partial charge in [-0.3, -0.25) is 0 Å². The van der Waals surface area contributed by atoms with E-state index >= 15 is 0 Å². The summed E-state index contributed by atoms with van der Waals surface area (Å²) >= 11 is 5.86. The Kier molecular flexibility index (Phi) is 21.3. The molecule has 2 aliphatic rings. The van der Waals surface area contributed by atoms with Gasteiger partial charge >= 0.3 is 0 Å². The summed E-state index contributed by atoms with van der Waals surface area (Å²) in [6, 6.07) is 60.1. The lowest BCUT2D eigenvalue weighted by atomic mass is 9.95. The minimum atomic E-state index is -1.13. The number of benzene rings is 6. The van der Waals surface area contributed by atoms with Crippen LogP contribution >= 0.6 is 12.2 Å². The van der Waals surface area contributed by atoms with Crippen LogP contribution < -0.4 is 0 Å². The molecular formula is C60H69NO11S. The maximum atomic E-state index is 7.50. The summed E-state index contributed by atoms with van der Waals surface area (Å²) < 4.78 is 75.7. The third-order valence-electron chi connectivity index (χ3n) is 12.9. The summed E-state index contributed by atoms with van der Waals surface area (Å²) in [4.78, 5) is 1.98. The summed E-state index contributed by atoms with van der Waals surface area (Å²) in [5.41, 5.74) is 5.85. The Balaban J connectivity index is 1.21. The van der Waals surface area contributed by atoms with E-state index in [2.05, 4.69) is 0 Å². The highest BCUT2D eigenvalue weighted by Gasteiger charge is 2.54. The van der Waals surface area contributed by atoms with E-state index in [0.717, 1.165) is 33.4 Å². The molecule has 73 heavy (non-hydrogen) atoms. The molecular weight excluding hydrogens is 943 g/mol. The van der Waals surface area contributed by atoms with Gasteiger partial charge in [-0.1, -0.05) is 182 Å². The maximum Gasteiger partial charge on any atom is 0.259 e. The van der Waals surface area contributed by atoms with Gasteiger partial charge in [-0.25, -0.2) is 0 Å². The van der Waals surface area contributed by atoms with Gasteiger partial charge in [0.05, 0.1) is 46.2 Å². The van der Waals surface area contributed by atoms with Crippen LogP contribution in [0.4, 0.5) is 0 Å². The lowest BCUT2D eigenvalue weighted by Gasteiger charge is -2.50. The largest absolute Gasteiger partial charge is 0.468 e. The van der Waals surface area contributed by atoms with Crippen LogP contribution in [0.15, 0.2) is 182 Å². The Hall–Kier alpha value is -5.39. The lowest BCUT2D eigenvalue weighted by molar-refractivity contribution is -0.375. The molecule has 2 saturated heterocycles. The van der Waals surface area contributed by atoms with Crippen LogP contribution in [0, 0.1) is 0 Å². The molecule has 10 atom stereocenters. The fourth-order valence-electron chi connectivity index (χ4n) is 9.00. The second-order valence-corrected chi connectivity index (χ2v) is 18.3. The van der Waals surface area contributed by atoms with E-state index in [4.69, 9.17) is 64.3 Å². The van der Waals surface area contributed by atoms with Crippen molar-refractivity contribution in [1.82, 2.24) is 4.90 Å². The van der Waals surface area contributed by atoms with Crippen molar-refractivity contribution in [3.63, 3.8) is 0 Å². The van der Waals surface area contributed by atoms with Crippen LogP contribution in [-0.2, 0) is 91.7 Å². The van der Waals surface area contributed by atoms with Crippen LogP contribution in [-0.4, -0.2) is 105 Å². The van der Waals surface area contributed by atoms with E-state index in [1.807, 2.05) is 201 Å². The fourth-order valence-corrected chi connectivity index (χ4v) is 9.33. The molecule has 2 aliphatic heterocycles. The Morgan fingerprint density at radius 1 is 0.411 bits per heavy atom. The van der Waals surface area contributed by atoms with Crippen LogP contribution in [0.5, 0.6) is 0 Å². The first-order valence-corrected chi connectivity index (χ1v) is 25.7. The van der Waals surface area contributed by atoms with Gasteiger partial charge in [-0.05, 0) is 59.4 Å². The minimum Gasteiger partial charge on any atom is -0.468 e. The number of rotatable bonds is 26. The molecule has 6 aromatic rings. The minimum absolute atomic E-state index is 0.0263. The Morgan fingerprint density at radius 2 is 0.740 bits per heavy atom. The van der Waals surface area contributed by atoms with Crippen molar-refractivity contribution in [2.45, 2.75) is 115 Å². The molecule has 0 aliphatic carbocycles. The Labute approximate surface area is 436 Å². The van der Waals surface area contributed by atoms with Gasteiger partial charge in [-0.2, -0.15) is 0 Å². The molecule has 0 bridgehead atoms. The monoisotopic (exact) mass is 1010 g/mol. The number of nitrogens with zero attached hydrogens (tertiary/aromatic N) is 1. The molecule has 0 saturated carbocycles. The highest BCUT2D eigenvalue weighted by atomic mass is 32.1. The SMILES string of the molecule is CCN(CC)C(=S)OC[C@H]1O[C@H](O[C@H]2[C@H](OCc3ccccc3)[C@@H](OCc3ccccc3)[C@@H](OC)O[C@@H]2COCc2ccccc2)[C@H](OCc2ccccc2)[C@@H](OCc2ccccc2)[C@H]1OCc1ccccc1. The molecule has 0 aromatic heterocycles. The molecule has 386 valence electrons. The van der Waals surface area contributed by atoms with Crippen LogP contribution in [0.25, 0.3) is 0 Å². The second-order valence-electron chi connectivity index (χ2n) is 18.0. The van der Waals surface area contributed by atoms with E-state index < -0.39 is 61.4 Å². The van der Waals surface area contributed by atoms with Gasteiger partial charge in [0, 0.05) is 20.2 Å². The zero-order valence-electron chi connectivity index (χ0n) is 42.0. The average molecular weight is 1010 g/mol. The summed E-state index contributed by atoms with van der Waals surface area (Å²) in [6.07, 6.45) is -8.41. The van der Waals surface area contributed by atoms with Crippen LogP contribution in [0.1, 0.15) is 47.2 Å². The number of hydrogen-bond acceptors (Lipinski definition) is 12. The van der Waals surface area contributed by atoms with Crippen LogP contribution in [0.3, 0.4) is 0 Å². The van der Waals surface area contributed by atoms with E-state index in [1.54, 1.807) is 7.11 Å². The highest BCUT2D eigenvalue weighted by Crippen LogP contribution is 2.37.